The number of ketones is 1. The van der Waals surface area contributed by atoms with E-state index in [0.29, 0.717) is 32.2 Å². The summed E-state index contributed by atoms with van der Waals surface area (Å²) >= 11 is 0. The number of rotatable bonds is 32. The van der Waals surface area contributed by atoms with E-state index in [-0.39, 0.29) is 70.0 Å². The number of ether oxygens (including phenoxy) is 4. The normalized spacial score (nSPS) is 13.9. The van der Waals surface area contributed by atoms with Gasteiger partial charge in [0.1, 0.15) is 43.2 Å². The van der Waals surface area contributed by atoms with Crippen LogP contribution in [0, 0.1) is 16.0 Å². The SMILES string of the molecule is C[C@H](CC(=O)C[C@@H](CCCCNC(=O)OCc1ccccc1)C(=O)OCc1ccccc1)OC(=O)C[C@H](C)NC(=O)C[C@@H](C)OC(=O)C[C@H](C)NC(=O)[C@H](C)NC(=O)[C@@H]([NH3+])CCCN=C(N)N[N+](=O)[O-].O=C([O-])C(F)(F)F. The number of carboxylic acid groups (broad SMARTS) is 1. The second-order valence-corrected chi connectivity index (χ2v) is 17.8. The van der Waals surface area contributed by atoms with Crippen LogP contribution in [-0.2, 0) is 70.5 Å². The summed E-state index contributed by atoms with van der Waals surface area (Å²) in [7, 11) is 0. The minimum atomic E-state index is -5.19. The Morgan fingerprint density at radius 3 is 1.75 bits per heavy atom. The second kappa shape index (κ2) is 36.1. The Balaban J connectivity index is 0.00000394. The van der Waals surface area contributed by atoms with E-state index in [1.165, 1.54) is 13.8 Å². The number of halogens is 3. The van der Waals surface area contributed by atoms with Crippen molar-refractivity contribution >= 4 is 59.4 Å². The van der Waals surface area contributed by atoms with Crippen molar-refractivity contribution in [1.29, 1.82) is 0 Å². The molecule has 0 aromatic heterocycles. The lowest BCUT2D eigenvalue weighted by Crippen LogP contribution is -2.68. The highest BCUT2D eigenvalue weighted by Crippen LogP contribution is 2.19. The minimum Gasteiger partial charge on any atom is -0.542 e. The number of nitrogens with zero attached hydrogens (tertiary/aromatic N) is 2. The van der Waals surface area contributed by atoms with Gasteiger partial charge in [-0.25, -0.2) is 19.9 Å². The molecular weight excluding hydrogens is 1030 g/mol. The van der Waals surface area contributed by atoms with E-state index in [1.807, 2.05) is 60.7 Å². The molecule has 4 amide bonds. The Labute approximate surface area is 442 Å². The number of hydrogen-bond donors (Lipinski definition) is 7. The summed E-state index contributed by atoms with van der Waals surface area (Å²) in [5, 5.41) is 28.8. The number of Topliss-reactive ketones (excluding diaryl/α,β-unsaturated/α-hetero) is 1. The Bertz CT molecular complexity index is 2260. The lowest BCUT2D eigenvalue weighted by molar-refractivity contribution is -0.525. The summed E-state index contributed by atoms with van der Waals surface area (Å²) in [6.45, 7) is 8.24. The van der Waals surface area contributed by atoms with E-state index < -0.39 is 101 Å². The van der Waals surface area contributed by atoms with E-state index in [0.717, 1.165) is 11.1 Å². The van der Waals surface area contributed by atoms with Crippen molar-refractivity contribution < 1.29 is 91.1 Å². The molecule has 2 aromatic carbocycles. The van der Waals surface area contributed by atoms with Crippen LogP contribution in [0.2, 0.25) is 0 Å². The summed E-state index contributed by atoms with van der Waals surface area (Å²) in [6, 6.07) is 15.3. The van der Waals surface area contributed by atoms with E-state index in [9.17, 15) is 61.6 Å². The number of nitrogens with two attached hydrogens (primary N) is 1. The zero-order valence-electron chi connectivity index (χ0n) is 43.6. The van der Waals surface area contributed by atoms with Gasteiger partial charge in [-0.15, -0.1) is 0 Å². The lowest BCUT2D eigenvalue weighted by atomic mass is 9.94. The second-order valence-electron chi connectivity index (χ2n) is 17.8. The molecule has 0 spiro atoms. The molecule has 0 aliphatic heterocycles. The number of esters is 3. The van der Waals surface area contributed by atoms with E-state index in [1.54, 1.807) is 26.2 Å². The number of alkyl carbamates (subject to hydrolysis) is 1. The van der Waals surface area contributed by atoms with Gasteiger partial charge < -0.3 is 61.6 Å². The highest BCUT2D eigenvalue weighted by atomic mass is 19.4. The summed E-state index contributed by atoms with van der Waals surface area (Å²) < 4.78 is 53.1. The van der Waals surface area contributed by atoms with Gasteiger partial charge in [0.05, 0.1) is 25.2 Å². The van der Waals surface area contributed by atoms with E-state index in [4.69, 9.17) is 34.6 Å². The molecule has 0 bridgehead atoms. The molecule has 0 aliphatic carbocycles. The van der Waals surface area contributed by atoms with Crippen molar-refractivity contribution in [2.75, 3.05) is 13.1 Å². The molecule has 77 heavy (non-hydrogen) atoms. The molecule has 0 saturated heterocycles. The largest absolute Gasteiger partial charge is 0.542 e. The van der Waals surface area contributed by atoms with Crippen LogP contribution in [0.15, 0.2) is 65.7 Å². The Hall–Kier alpha value is -7.91. The molecule has 2 rings (SSSR count). The molecule has 0 fully saturated rings. The Kier molecular flexibility index (Phi) is 31.5. The number of alkyl halides is 3. The standard InChI is InChI=1S/C47H69N9O14.C2HF3O2/c1-30(52-40(58)26-33(4)70-42(60)24-31(2)53-43(61)34(5)54-44(62)39(48)20-14-22-50-46(49)55-56(65)66)23-41(59)69-32(3)25-38(57)27-37(45(63)67-28-35-15-8-6-9-16-35)19-12-13-21-51-47(64)68-29-36-17-10-7-11-18-36;3-2(4,5)1(6)7/h6-11,15-18,30-34,37,39H,12-14,19-29,48H2,1-5H3,(H,51,64)(H,52,58)(H,53,61)(H,54,62)(H3,49,50,55);(H,6,7)/t30-,31-,32+,33+,34-,37+,39-;/m0./s1. The molecule has 428 valence electrons. The van der Waals surface area contributed by atoms with Crippen molar-refractivity contribution in [1.82, 2.24) is 26.7 Å². The lowest BCUT2D eigenvalue weighted by Gasteiger charge is -2.20. The summed E-state index contributed by atoms with van der Waals surface area (Å²) in [6.07, 6.45) is -6.48. The fraction of sp³-hybridized carbons (Fsp3) is 0.551. The number of carbonyl (C=O) groups is 9. The topological polar surface area (TPSA) is 383 Å². The molecule has 10 N–H and O–H groups in total. The van der Waals surface area contributed by atoms with Gasteiger partial charge in [-0.2, -0.15) is 13.2 Å². The number of benzene rings is 2. The van der Waals surface area contributed by atoms with Gasteiger partial charge in [-0.1, -0.05) is 72.5 Å². The van der Waals surface area contributed by atoms with Crippen LogP contribution in [0.4, 0.5) is 18.0 Å². The van der Waals surface area contributed by atoms with Crippen LogP contribution in [-0.4, -0.2) is 120 Å². The summed E-state index contributed by atoms with van der Waals surface area (Å²) in [4.78, 5) is 125. The van der Waals surface area contributed by atoms with Gasteiger partial charge in [0, 0.05) is 44.4 Å². The molecule has 0 unspecified atom stereocenters. The Morgan fingerprint density at radius 2 is 1.22 bits per heavy atom. The van der Waals surface area contributed by atoms with E-state index >= 15 is 0 Å². The molecule has 2 aromatic rings. The van der Waals surface area contributed by atoms with Crippen LogP contribution in [0.5, 0.6) is 0 Å². The number of aliphatic carboxylic acids is 1. The van der Waals surface area contributed by atoms with Gasteiger partial charge in [-0.05, 0) is 65.0 Å². The third-order valence-electron chi connectivity index (χ3n) is 10.4. The molecular formula is C49H70F3N9O16. The number of guanidine groups is 1. The van der Waals surface area contributed by atoms with Gasteiger partial charge in [0.15, 0.2) is 11.1 Å². The Morgan fingerprint density at radius 1 is 0.701 bits per heavy atom. The maximum Gasteiger partial charge on any atom is 0.430 e. The number of nitrogens with one attached hydrogen (secondary N) is 5. The van der Waals surface area contributed by atoms with Crippen LogP contribution in [0.3, 0.4) is 0 Å². The number of hydrogen-bond acceptors (Lipinski definition) is 17. The molecule has 0 radical (unpaired) electrons. The van der Waals surface area contributed by atoms with Crippen molar-refractivity contribution in [3.8, 4) is 0 Å². The molecule has 0 saturated carbocycles. The predicted molar refractivity (Wildman–Crippen MR) is 264 cm³/mol. The number of carboxylic acids is 1. The number of carbonyl (C=O) groups excluding carboxylic acids is 9. The van der Waals surface area contributed by atoms with Crippen LogP contribution >= 0.6 is 0 Å². The number of amides is 4. The molecule has 0 aliphatic rings. The van der Waals surface area contributed by atoms with Gasteiger partial charge in [-0.3, -0.25) is 33.6 Å². The number of hydrazine groups is 1. The zero-order chi connectivity index (χ0) is 58.1. The third kappa shape index (κ3) is 32.9. The average molecular weight is 1100 g/mol. The first-order valence-corrected chi connectivity index (χ1v) is 24.4. The maximum absolute atomic E-state index is 13.2. The minimum absolute atomic E-state index is 0.0339. The highest BCUT2D eigenvalue weighted by molar-refractivity contribution is 5.89. The molecule has 28 heteroatoms. The van der Waals surface area contributed by atoms with Crippen molar-refractivity contribution in [3.05, 3.63) is 81.9 Å². The van der Waals surface area contributed by atoms with Crippen LogP contribution in [0.25, 0.3) is 0 Å². The predicted octanol–water partition coefficient (Wildman–Crippen LogP) is 1.13. The number of aliphatic imine (C=N–C) groups is 1. The van der Waals surface area contributed by atoms with Crippen LogP contribution in [0.1, 0.15) is 110 Å². The first-order valence-electron chi connectivity index (χ1n) is 24.4. The van der Waals surface area contributed by atoms with Gasteiger partial charge in [0.2, 0.25) is 11.8 Å². The first kappa shape index (κ1) is 67.1. The monoisotopic (exact) mass is 1100 g/mol. The molecule has 0 heterocycles. The molecule has 7 atom stereocenters. The zero-order valence-corrected chi connectivity index (χ0v) is 43.6. The van der Waals surface area contributed by atoms with Crippen molar-refractivity contribution in [2.24, 2.45) is 16.6 Å². The summed E-state index contributed by atoms with van der Waals surface area (Å²) in [5.74, 6) is -7.95. The van der Waals surface area contributed by atoms with E-state index in [2.05, 4.69) is 32.0 Å². The van der Waals surface area contributed by atoms with Crippen molar-refractivity contribution in [3.63, 3.8) is 0 Å². The van der Waals surface area contributed by atoms with Crippen LogP contribution < -0.4 is 43.3 Å². The first-order chi connectivity index (χ1) is 36.1. The smallest absolute Gasteiger partial charge is 0.430 e. The average Bonchev–Trinajstić information content (AvgIpc) is 3.33. The number of unbranched alkanes of at least 4 members (excludes halogenated alkanes) is 1. The van der Waals surface area contributed by atoms with Gasteiger partial charge >= 0.3 is 30.2 Å². The maximum atomic E-state index is 13.2. The molecule has 25 nitrogen and oxygen atoms in total. The summed E-state index contributed by atoms with van der Waals surface area (Å²) in [5.41, 5.74) is 12.5. The van der Waals surface area contributed by atoms with Crippen molar-refractivity contribution in [2.45, 2.75) is 155 Å². The quantitative estimate of drug-likeness (QED) is 0.0103. The fourth-order valence-electron chi connectivity index (χ4n) is 6.70. The fourth-order valence-corrected chi connectivity index (χ4v) is 6.70. The third-order valence-corrected chi connectivity index (χ3v) is 10.4. The number of quaternary nitrogens is 1. The number of nitro groups is 1. The highest BCUT2D eigenvalue weighted by Gasteiger charge is 2.29. The van der Waals surface area contributed by atoms with Gasteiger partial charge in [0.25, 0.3) is 11.9 Å².